The largest absolute Gasteiger partial charge is 0.367 e. The zero-order valence-corrected chi connectivity index (χ0v) is 22.0. The Balaban J connectivity index is 1.11. The van der Waals surface area contributed by atoms with Crippen LogP contribution in [-0.2, 0) is 24.2 Å². The summed E-state index contributed by atoms with van der Waals surface area (Å²) in [4.78, 5) is 17.5. The van der Waals surface area contributed by atoms with Crippen molar-refractivity contribution in [2.75, 3.05) is 38.1 Å². The van der Waals surface area contributed by atoms with Crippen LogP contribution in [0.5, 0.6) is 0 Å². The Kier molecular flexibility index (Phi) is 8.57. The summed E-state index contributed by atoms with van der Waals surface area (Å²) in [5.74, 6) is 2.68. The van der Waals surface area contributed by atoms with Gasteiger partial charge in [-0.2, -0.15) is 0 Å². The SMILES string of the molecule is CN(Cc1cc(C[C@H]2CNCC[C@H]2CC(=O)N2CCC(Cc3ccccc3)CC2)no1)c1ccccc1. The summed E-state index contributed by atoms with van der Waals surface area (Å²) in [5.41, 5.74) is 3.55. The van der Waals surface area contributed by atoms with E-state index in [9.17, 15) is 4.79 Å². The van der Waals surface area contributed by atoms with Crippen molar-refractivity contribution >= 4 is 11.6 Å². The van der Waals surface area contributed by atoms with Crippen LogP contribution in [-0.4, -0.2) is 49.2 Å². The van der Waals surface area contributed by atoms with Gasteiger partial charge in [-0.3, -0.25) is 4.79 Å². The molecule has 0 saturated carbocycles. The predicted octanol–water partition coefficient (Wildman–Crippen LogP) is 4.95. The maximum Gasteiger partial charge on any atom is 0.222 e. The molecule has 0 radical (unpaired) electrons. The van der Waals surface area contributed by atoms with Crippen LogP contribution in [0.25, 0.3) is 0 Å². The number of rotatable bonds is 9. The second kappa shape index (κ2) is 12.4. The Labute approximate surface area is 221 Å². The van der Waals surface area contributed by atoms with Crippen molar-refractivity contribution in [1.29, 1.82) is 0 Å². The number of nitrogens with zero attached hydrogens (tertiary/aromatic N) is 3. The lowest BCUT2D eigenvalue weighted by Crippen LogP contribution is -2.43. The van der Waals surface area contributed by atoms with Crippen molar-refractivity contribution in [3.8, 4) is 0 Å². The van der Waals surface area contributed by atoms with Gasteiger partial charge in [0.1, 0.15) is 0 Å². The Hall–Kier alpha value is -3.12. The van der Waals surface area contributed by atoms with Crippen molar-refractivity contribution in [2.24, 2.45) is 17.8 Å². The Morgan fingerprint density at radius 2 is 1.73 bits per heavy atom. The van der Waals surface area contributed by atoms with Gasteiger partial charge in [0.2, 0.25) is 5.91 Å². The lowest BCUT2D eigenvalue weighted by Gasteiger charge is -2.36. The van der Waals surface area contributed by atoms with Crippen LogP contribution >= 0.6 is 0 Å². The van der Waals surface area contributed by atoms with Gasteiger partial charge in [0, 0.05) is 38.3 Å². The average Bonchev–Trinajstić information content (AvgIpc) is 3.37. The van der Waals surface area contributed by atoms with Gasteiger partial charge < -0.3 is 19.6 Å². The van der Waals surface area contributed by atoms with Crippen molar-refractivity contribution in [3.63, 3.8) is 0 Å². The monoisotopic (exact) mass is 500 g/mol. The molecule has 2 saturated heterocycles. The molecule has 3 aromatic rings. The summed E-state index contributed by atoms with van der Waals surface area (Å²) in [6.45, 7) is 4.39. The summed E-state index contributed by atoms with van der Waals surface area (Å²) < 4.78 is 5.68. The topological polar surface area (TPSA) is 61.6 Å². The van der Waals surface area contributed by atoms with Gasteiger partial charge in [-0.25, -0.2) is 0 Å². The standard InChI is InChI=1S/C31H40N4O2/c1-34(29-10-6-3-7-11-29)23-30-21-28(33-37-30)19-27-22-32-15-12-26(27)20-31(36)35-16-13-25(14-17-35)18-24-8-4-2-5-9-24/h2-11,21,25-27,32H,12-20,22-23H2,1H3/t26-,27-/m0/s1. The molecule has 196 valence electrons. The number of carbonyl (C=O) groups excluding carboxylic acids is 1. The maximum atomic E-state index is 13.3. The molecule has 2 aliphatic heterocycles. The minimum atomic E-state index is 0.334. The molecule has 6 nitrogen and oxygen atoms in total. The molecule has 1 N–H and O–H groups in total. The Morgan fingerprint density at radius 1 is 1.00 bits per heavy atom. The number of anilines is 1. The first-order valence-electron chi connectivity index (χ1n) is 13.9. The van der Waals surface area contributed by atoms with Crippen LogP contribution in [0.1, 0.15) is 42.7 Å². The van der Waals surface area contributed by atoms with Crippen LogP contribution in [0.15, 0.2) is 71.3 Å². The van der Waals surface area contributed by atoms with Gasteiger partial charge in [0.25, 0.3) is 0 Å². The molecule has 2 aromatic carbocycles. The van der Waals surface area contributed by atoms with Gasteiger partial charge in [-0.15, -0.1) is 0 Å². The zero-order valence-electron chi connectivity index (χ0n) is 22.0. The van der Waals surface area contributed by atoms with E-state index >= 15 is 0 Å². The first-order valence-corrected chi connectivity index (χ1v) is 13.9. The number of nitrogens with one attached hydrogen (secondary N) is 1. The van der Waals surface area contributed by atoms with Crippen LogP contribution in [0.3, 0.4) is 0 Å². The van der Waals surface area contributed by atoms with Crippen molar-refractivity contribution in [1.82, 2.24) is 15.4 Å². The second-order valence-electron chi connectivity index (χ2n) is 10.9. The van der Waals surface area contributed by atoms with Crippen LogP contribution in [0.4, 0.5) is 5.69 Å². The smallest absolute Gasteiger partial charge is 0.222 e. The molecule has 0 spiro atoms. The number of amides is 1. The van der Waals surface area contributed by atoms with E-state index < -0.39 is 0 Å². The Bertz CT molecular complexity index is 1110. The lowest BCUT2D eigenvalue weighted by molar-refractivity contribution is -0.134. The van der Waals surface area contributed by atoms with Gasteiger partial charge >= 0.3 is 0 Å². The van der Waals surface area contributed by atoms with E-state index in [0.29, 0.717) is 36.6 Å². The number of hydrogen-bond acceptors (Lipinski definition) is 5. The van der Waals surface area contributed by atoms with Gasteiger partial charge in [-0.05, 0) is 80.6 Å². The first-order chi connectivity index (χ1) is 18.1. The van der Waals surface area contributed by atoms with E-state index in [1.807, 2.05) is 18.2 Å². The number of likely N-dealkylation sites (tertiary alicyclic amines) is 1. The third kappa shape index (κ3) is 7.01. The van der Waals surface area contributed by atoms with Crippen LogP contribution in [0, 0.1) is 17.8 Å². The molecular formula is C31H40N4O2. The van der Waals surface area contributed by atoms with E-state index in [1.54, 1.807) is 0 Å². The molecule has 2 aliphatic rings. The number of aromatic nitrogens is 1. The summed E-state index contributed by atoms with van der Waals surface area (Å²) in [7, 11) is 2.06. The zero-order chi connectivity index (χ0) is 25.5. The predicted molar refractivity (Wildman–Crippen MR) is 147 cm³/mol. The van der Waals surface area contributed by atoms with E-state index in [4.69, 9.17) is 4.52 Å². The maximum absolute atomic E-state index is 13.3. The van der Waals surface area contributed by atoms with Gasteiger partial charge in [0.05, 0.1) is 12.2 Å². The number of hydrogen-bond donors (Lipinski definition) is 1. The fourth-order valence-corrected chi connectivity index (χ4v) is 5.97. The molecule has 0 unspecified atom stereocenters. The van der Waals surface area contributed by atoms with E-state index in [1.165, 1.54) is 5.56 Å². The normalized spacial score (nSPS) is 20.6. The van der Waals surface area contributed by atoms with Crippen LogP contribution < -0.4 is 10.2 Å². The van der Waals surface area contributed by atoms with Crippen molar-refractivity contribution < 1.29 is 9.32 Å². The van der Waals surface area contributed by atoms with Gasteiger partial charge in [0.15, 0.2) is 5.76 Å². The number of para-hydroxylation sites is 1. The highest BCUT2D eigenvalue weighted by Crippen LogP contribution is 2.29. The molecule has 3 heterocycles. The fraction of sp³-hybridized carbons (Fsp3) is 0.484. The molecule has 1 aromatic heterocycles. The molecule has 6 heteroatoms. The number of piperidine rings is 2. The average molecular weight is 501 g/mol. The highest BCUT2D eigenvalue weighted by atomic mass is 16.5. The molecule has 2 atom stereocenters. The summed E-state index contributed by atoms with van der Waals surface area (Å²) >= 11 is 0. The molecular weight excluding hydrogens is 460 g/mol. The third-order valence-electron chi connectivity index (χ3n) is 8.21. The fourth-order valence-electron chi connectivity index (χ4n) is 5.97. The minimum absolute atomic E-state index is 0.334. The highest BCUT2D eigenvalue weighted by Gasteiger charge is 2.31. The van der Waals surface area contributed by atoms with Crippen molar-refractivity contribution in [3.05, 3.63) is 83.7 Å². The van der Waals surface area contributed by atoms with E-state index in [0.717, 1.165) is 75.4 Å². The quantitative estimate of drug-likeness (QED) is 0.450. The molecule has 5 rings (SSSR count). The second-order valence-corrected chi connectivity index (χ2v) is 10.9. The molecule has 37 heavy (non-hydrogen) atoms. The van der Waals surface area contributed by atoms with E-state index in [2.05, 4.69) is 75.9 Å². The number of benzene rings is 2. The summed E-state index contributed by atoms with van der Waals surface area (Å²) in [6.07, 6.45) is 5.88. The molecule has 0 aliphatic carbocycles. The molecule has 2 fully saturated rings. The van der Waals surface area contributed by atoms with Gasteiger partial charge in [-0.1, -0.05) is 53.7 Å². The lowest BCUT2D eigenvalue weighted by atomic mass is 9.80. The van der Waals surface area contributed by atoms with Crippen LogP contribution in [0.2, 0.25) is 0 Å². The Morgan fingerprint density at radius 3 is 2.49 bits per heavy atom. The third-order valence-corrected chi connectivity index (χ3v) is 8.21. The summed E-state index contributed by atoms with van der Waals surface area (Å²) in [6, 6.07) is 23.1. The highest BCUT2D eigenvalue weighted by molar-refractivity contribution is 5.76. The molecule has 0 bridgehead atoms. The molecule has 1 amide bonds. The first kappa shape index (κ1) is 25.5. The minimum Gasteiger partial charge on any atom is -0.367 e. The van der Waals surface area contributed by atoms with Crippen molar-refractivity contribution in [2.45, 2.75) is 45.1 Å². The number of carbonyl (C=O) groups is 1. The summed E-state index contributed by atoms with van der Waals surface area (Å²) in [5, 5.41) is 7.91. The van der Waals surface area contributed by atoms with E-state index in [-0.39, 0.29) is 0 Å².